The van der Waals surface area contributed by atoms with E-state index in [0.29, 0.717) is 5.41 Å². The van der Waals surface area contributed by atoms with Gasteiger partial charge in [-0.05, 0) is 54.1 Å². The Morgan fingerprint density at radius 2 is 1.74 bits per heavy atom. The number of hydrogen-bond donors (Lipinski definition) is 0. The summed E-state index contributed by atoms with van der Waals surface area (Å²) in [5, 5.41) is 0. The third kappa shape index (κ3) is 3.62. The van der Waals surface area contributed by atoms with Gasteiger partial charge in [0, 0.05) is 0 Å². The van der Waals surface area contributed by atoms with Crippen LogP contribution in [0.4, 0.5) is 0 Å². The van der Waals surface area contributed by atoms with Crippen LogP contribution in [-0.2, 0) is 0 Å². The molecule has 0 aromatic heterocycles. The topological polar surface area (TPSA) is 0 Å². The molecule has 1 atom stereocenters. The van der Waals surface area contributed by atoms with Crippen LogP contribution >= 0.6 is 0 Å². The van der Waals surface area contributed by atoms with E-state index in [9.17, 15) is 0 Å². The monoisotopic (exact) mass is 308 g/mol. The zero-order chi connectivity index (χ0) is 16.1. The van der Waals surface area contributed by atoms with E-state index in [1.807, 2.05) is 0 Å². The molecule has 0 radical (unpaired) electrons. The first-order valence-corrected chi connectivity index (χ1v) is 9.72. The molecule has 0 saturated heterocycles. The fraction of sp³-hybridized carbons (Fsp3) is 0.565. The van der Waals surface area contributed by atoms with E-state index < -0.39 is 0 Å². The summed E-state index contributed by atoms with van der Waals surface area (Å²) >= 11 is 0. The Kier molecular flexibility index (Phi) is 5.41. The number of allylic oxidation sites excluding steroid dienone is 4. The smallest absolute Gasteiger partial charge is 0.00545 e. The van der Waals surface area contributed by atoms with Crippen LogP contribution in [-0.4, -0.2) is 0 Å². The molecule has 1 aromatic rings. The van der Waals surface area contributed by atoms with E-state index in [1.165, 1.54) is 62.5 Å². The molecule has 0 heteroatoms. The molecule has 0 spiro atoms. The van der Waals surface area contributed by atoms with Crippen LogP contribution in [0.2, 0.25) is 0 Å². The molecule has 124 valence electrons. The average Bonchev–Trinajstić information content (AvgIpc) is 2.63. The van der Waals surface area contributed by atoms with E-state index in [4.69, 9.17) is 0 Å². The van der Waals surface area contributed by atoms with Crippen LogP contribution < -0.4 is 0 Å². The summed E-state index contributed by atoms with van der Waals surface area (Å²) in [6.07, 6.45) is 18.6. The Morgan fingerprint density at radius 1 is 1.00 bits per heavy atom. The lowest BCUT2D eigenvalue weighted by Gasteiger charge is -2.43. The minimum atomic E-state index is 0.426. The maximum absolute atomic E-state index is 2.57. The van der Waals surface area contributed by atoms with Crippen molar-refractivity contribution in [3.8, 4) is 0 Å². The van der Waals surface area contributed by atoms with Crippen molar-refractivity contribution in [2.45, 2.75) is 65.2 Å². The molecular formula is C23H32. The lowest BCUT2D eigenvalue weighted by molar-refractivity contribution is 0.135. The highest BCUT2D eigenvalue weighted by Crippen LogP contribution is 2.49. The quantitative estimate of drug-likeness (QED) is 0.547. The maximum Gasteiger partial charge on any atom is -0.00545 e. The Balaban J connectivity index is 1.68. The van der Waals surface area contributed by atoms with Gasteiger partial charge in [-0.15, -0.1) is 0 Å². The predicted octanol–water partition coefficient (Wildman–Crippen LogP) is 7.03. The summed E-state index contributed by atoms with van der Waals surface area (Å²) in [6, 6.07) is 10.8. The average molecular weight is 309 g/mol. The van der Waals surface area contributed by atoms with Crippen molar-refractivity contribution in [1.29, 1.82) is 0 Å². The molecule has 3 rings (SSSR count). The third-order valence-corrected chi connectivity index (χ3v) is 6.42. The molecule has 0 N–H and O–H groups in total. The van der Waals surface area contributed by atoms with Crippen molar-refractivity contribution in [3.05, 3.63) is 54.1 Å². The van der Waals surface area contributed by atoms with Crippen molar-refractivity contribution in [2.24, 2.45) is 17.3 Å². The van der Waals surface area contributed by atoms with Gasteiger partial charge in [0.25, 0.3) is 0 Å². The zero-order valence-electron chi connectivity index (χ0n) is 14.9. The van der Waals surface area contributed by atoms with Gasteiger partial charge in [0.15, 0.2) is 0 Å². The van der Waals surface area contributed by atoms with Gasteiger partial charge in [0.1, 0.15) is 0 Å². The van der Waals surface area contributed by atoms with Crippen molar-refractivity contribution in [3.63, 3.8) is 0 Å². The van der Waals surface area contributed by atoms with Gasteiger partial charge in [-0.2, -0.15) is 0 Å². The second-order valence-corrected chi connectivity index (χ2v) is 7.66. The van der Waals surface area contributed by atoms with Gasteiger partial charge in [-0.25, -0.2) is 0 Å². The zero-order valence-corrected chi connectivity index (χ0v) is 14.9. The van der Waals surface area contributed by atoms with Gasteiger partial charge >= 0.3 is 0 Å². The first kappa shape index (κ1) is 16.6. The molecule has 23 heavy (non-hydrogen) atoms. The van der Waals surface area contributed by atoms with Crippen LogP contribution in [0.3, 0.4) is 0 Å². The molecule has 1 aromatic carbocycles. The Morgan fingerprint density at radius 3 is 2.30 bits per heavy atom. The van der Waals surface area contributed by atoms with Gasteiger partial charge in [0.05, 0.1) is 0 Å². The second kappa shape index (κ2) is 7.51. The fourth-order valence-electron chi connectivity index (χ4n) is 4.82. The predicted molar refractivity (Wildman–Crippen MR) is 101 cm³/mol. The van der Waals surface area contributed by atoms with E-state index in [0.717, 1.165) is 11.8 Å². The first-order chi connectivity index (χ1) is 11.3. The second-order valence-electron chi connectivity index (χ2n) is 7.66. The summed E-state index contributed by atoms with van der Waals surface area (Å²) in [5.41, 5.74) is 3.20. The van der Waals surface area contributed by atoms with Crippen molar-refractivity contribution < 1.29 is 0 Å². The largest absolute Gasteiger partial charge is 0.0771 e. The van der Waals surface area contributed by atoms with Gasteiger partial charge in [0.2, 0.25) is 0 Å². The number of hydrogen-bond acceptors (Lipinski definition) is 0. The summed E-state index contributed by atoms with van der Waals surface area (Å²) < 4.78 is 0. The molecule has 0 amide bonds. The summed E-state index contributed by atoms with van der Waals surface area (Å²) in [5.74, 6) is 1.90. The number of rotatable bonds is 5. The first-order valence-electron chi connectivity index (χ1n) is 9.72. The third-order valence-electron chi connectivity index (χ3n) is 6.42. The van der Waals surface area contributed by atoms with Gasteiger partial charge in [-0.1, -0.05) is 88.1 Å². The SMILES string of the molecule is CCC[C@H]1CC[C@H](C2(CC)C=CC(c3ccccc3)=CC2)CC1. The highest BCUT2D eigenvalue weighted by atomic mass is 14.4. The van der Waals surface area contributed by atoms with Gasteiger partial charge < -0.3 is 0 Å². The summed E-state index contributed by atoms with van der Waals surface area (Å²) in [7, 11) is 0. The van der Waals surface area contributed by atoms with Gasteiger partial charge in [-0.3, -0.25) is 0 Å². The highest BCUT2D eigenvalue weighted by molar-refractivity contribution is 5.75. The van der Waals surface area contributed by atoms with Crippen LogP contribution in [0.25, 0.3) is 5.57 Å². The minimum absolute atomic E-state index is 0.426. The molecular weight excluding hydrogens is 276 g/mol. The molecule has 1 saturated carbocycles. The standard InChI is InChI=1S/C23H32/c1-3-8-19-11-13-22(14-12-19)23(4-2)17-15-21(16-18-23)20-9-6-5-7-10-20/h5-7,9-10,15-17,19,22H,3-4,8,11-14,18H2,1-2H3/t19-,22-,23?. The molecule has 2 aliphatic rings. The Bertz CT molecular complexity index is 543. The summed E-state index contributed by atoms with van der Waals surface area (Å²) in [4.78, 5) is 0. The van der Waals surface area contributed by atoms with E-state index in [2.05, 4.69) is 62.4 Å². The van der Waals surface area contributed by atoms with Crippen molar-refractivity contribution >= 4 is 5.57 Å². The Labute approximate surface area is 142 Å². The molecule has 0 aliphatic heterocycles. The molecule has 2 aliphatic carbocycles. The van der Waals surface area contributed by atoms with E-state index >= 15 is 0 Å². The highest BCUT2D eigenvalue weighted by Gasteiger charge is 2.37. The molecule has 1 unspecified atom stereocenters. The van der Waals surface area contributed by atoms with Crippen LogP contribution in [0, 0.1) is 17.3 Å². The molecule has 0 bridgehead atoms. The van der Waals surface area contributed by atoms with E-state index in [1.54, 1.807) is 0 Å². The maximum atomic E-state index is 2.57. The molecule has 0 nitrogen and oxygen atoms in total. The van der Waals surface area contributed by atoms with Crippen molar-refractivity contribution in [2.75, 3.05) is 0 Å². The number of benzene rings is 1. The van der Waals surface area contributed by atoms with Crippen LogP contribution in [0.1, 0.15) is 70.8 Å². The van der Waals surface area contributed by atoms with Crippen molar-refractivity contribution in [1.82, 2.24) is 0 Å². The molecule has 0 heterocycles. The fourth-order valence-corrected chi connectivity index (χ4v) is 4.82. The minimum Gasteiger partial charge on any atom is -0.0771 e. The van der Waals surface area contributed by atoms with Crippen LogP contribution in [0.15, 0.2) is 48.6 Å². The lowest BCUT2D eigenvalue weighted by Crippen LogP contribution is -2.32. The Hall–Kier alpha value is -1.30. The normalized spacial score (nSPS) is 31.0. The van der Waals surface area contributed by atoms with Crippen LogP contribution in [0.5, 0.6) is 0 Å². The lowest BCUT2D eigenvalue weighted by atomic mass is 9.62. The molecule has 1 fully saturated rings. The van der Waals surface area contributed by atoms with E-state index in [-0.39, 0.29) is 0 Å². The summed E-state index contributed by atoms with van der Waals surface area (Å²) in [6.45, 7) is 4.73.